The molecule has 0 aliphatic carbocycles. The van der Waals surface area contributed by atoms with Gasteiger partial charge in [0.25, 0.3) is 11.4 Å². The Labute approximate surface area is 578 Å². The standard InChI is InChI=1S/C24H29ClN4O2.C14H18ClN3.C10H14N2O2.C7H9N3O3.C7H11N3O.C5H3ClN2O2/c1-24(2,3)22-15-20(29(28-22)19-6-4-5-18(25)14-19)8-9-21(31)13-17-7-10-23(27-16-17)26-11-12-30;1-14(2,3)13-8-12(9-16)18(17-13)11-6-4-5-10(15)7-11;1-8(14)6-9-2-3-10(12-7-9)11-4-5-13;11-4-3-8-7-2-1-6(5-9-7)10(12)13;8-6-1-2-7(10-5-6)9-3-4-11;6-5-2-1-4(3-7-5)8(9)10/h4-7,10,14-16,30H,8-9,11-13H2,1-3H3,(H,26,27);4-8H,9,16H2,1-3H3;2-3,7,13H,4-6H2,1H3,(H,11,12);1-2,5,11H,3-4H2,(H,8,9);1-2,5,11H,3-4,8H2,(H,9,10);1-3H. The number of ketones is 2. The number of nitrogens with zero attached hydrogens (tertiary/aromatic N) is 11. The Kier molecular flexibility index (Phi) is 34.1. The fourth-order valence-electron chi connectivity index (χ4n) is 8.02. The van der Waals surface area contributed by atoms with Crippen molar-refractivity contribution in [1.82, 2.24) is 44.5 Å². The van der Waals surface area contributed by atoms with Gasteiger partial charge in [0.05, 0.1) is 76.6 Å². The minimum Gasteiger partial charge on any atom is -0.397 e. The van der Waals surface area contributed by atoms with Crippen molar-refractivity contribution in [3.63, 3.8) is 0 Å². The molecule has 0 aliphatic rings. The normalized spacial score (nSPS) is 10.6. The number of benzene rings is 2. The van der Waals surface area contributed by atoms with E-state index < -0.39 is 9.85 Å². The molecule has 0 radical (unpaired) electrons. The maximum Gasteiger partial charge on any atom is 0.287 e. The molecule has 0 bridgehead atoms. The number of aliphatic hydroxyl groups excluding tert-OH is 4. The Morgan fingerprint density at radius 1 is 0.526 bits per heavy atom. The number of nitro groups is 2. The minimum atomic E-state index is -0.524. The summed E-state index contributed by atoms with van der Waals surface area (Å²) >= 11 is 17.6. The van der Waals surface area contributed by atoms with E-state index >= 15 is 0 Å². The zero-order chi connectivity index (χ0) is 71.5. The lowest BCUT2D eigenvalue weighted by atomic mass is 9.92. The van der Waals surface area contributed by atoms with Gasteiger partial charge >= 0.3 is 0 Å². The van der Waals surface area contributed by atoms with Crippen molar-refractivity contribution >= 4 is 86.7 Å². The number of halogens is 3. The number of hydrogen-bond donors (Lipinski definition) is 10. The van der Waals surface area contributed by atoms with Crippen LogP contribution >= 0.6 is 34.8 Å². The average Bonchev–Trinajstić information content (AvgIpc) is 1.67. The first-order valence-electron chi connectivity index (χ1n) is 30.4. The second kappa shape index (κ2) is 41.4. The van der Waals surface area contributed by atoms with Crippen molar-refractivity contribution in [2.75, 3.05) is 79.6 Å². The summed E-state index contributed by atoms with van der Waals surface area (Å²) in [6, 6.07) is 35.8. The van der Waals surface area contributed by atoms with Crippen LogP contribution in [0, 0.1) is 20.2 Å². The summed E-state index contributed by atoms with van der Waals surface area (Å²) in [5.41, 5.74) is 19.3. The number of nitrogen functional groups attached to an aromatic ring is 1. The van der Waals surface area contributed by atoms with Gasteiger partial charge < -0.3 is 53.2 Å². The highest BCUT2D eigenvalue weighted by Gasteiger charge is 2.22. The molecule has 0 saturated carbocycles. The summed E-state index contributed by atoms with van der Waals surface area (Å²) in [5, 5.41) is 77.3. The largest absolute Gasteiger partial charge is 0.397 e. The van der Waals surface area contributed by atoms with E-state index in [2.05, 4.69) is 105 Å². The van der Waals surface area contributed by atoms with Crippen LogP contribution in [0.2, 0.25) is 15.2 Å². The molecule has 0 atom stereocenters. The molecule has 0 spiro atoms. The minimum absolute atomic E-state index is 0.00132. The van der Waals surface area contributed by atoms with E-state index in [0.29, 0.717) is 91.6 Å². The van der Waals surface area contributed by atoms with Crippen LogP contribution in [0.3, 0.4) is 0 Å². The molecule has 7 heterocycles. The van der Waals surface area contributed by atoms with E-state index in [1.54, 1.807) is 43.7 Å². The molecule has 518 valence electrons. The number of aryl methyl sites for hydroxylation is 1. The van der Waals surface area contributed by atoms with Crippen molar-refractivity contribution in [3.8, 4) is 11.4 Å². The fourth-order valence-corrected chi connectivity index (χ4v) is 8.50. The molecule has 30 heteroatoms. The number of rotatable bonds is 24. The summed E-state index contributed by atoms with van der Waals surface area (Å²) in [7, 11) is 0. The van der Waals surface area contributed by atoms with E-state index in [1.165, 1.54) is 30.5 Å². The highest BCUT2D eigenvalue weighted by atomic mass is 35.5. The van der Waals surface area contributed by atoms with Gasteiger partial charge in [0.2, 0.25) is 0 Å². The molecule has 0 saturated heterocycles. The monoisotopic (exact) mass is 1390 g/mol. The molecule has 0 aliphatic heterocycles. The molecule has 2 aromatic carbocycles. The Morgan fingerprint density at radius 2 is 0.928 bits per heavy atom. The highest BCUT2D eigenvalue weighted by Crippen LogP contribution is 2.27. The number of anilines is 5. The Morgan fingerprint density at radius 3 is 1.28 bits per heavy atom. The topological polar surface area (TPSA) is 402 Å². The second-order valence-electron chi connectivity index (χ2n) is 23.1. The van der Waals surface area contributed by atoms with Gasteiger partial charge in [-0.1, -0.05) is 101 Å². The van der Waals surface area contributed by atoms with Gasteiger partial charge in [-0.3, -0.25) is 29.8 Å². The van der Waals surface area contributed by atoms with Gasteiger partial charge in [0, 0.05) is 103 Å². The lowest BCUT2D eigenvalue weighted by Crippen LogP contribution is -2.12. The van der Waals surface area contributed by atoms with Crippen LogP contribution in [0.25, 0.3) is 11.4 Å². The quantitative estimate of drug-likeness (QED) is 0.0153. The van der Waals surface area contributed by atoms with Crippen LogP contribution < -0.4 is 32.7 Å². The number of carbonyl (C=O) groups is 2. The molecule has 27 nitrogen and oxygen atoms in total. The summed E-state index contributed by atoms with van der Waals surface area (Å²) in [5.74, 6) is 2.92. The average molecular weight is 1390 g/mol. The lowest BCUT2D eigenvalue weighted by molar-refractivity contribution is -0.385. The number of nitrogens with two attached hydrogens (primary N) is 2. The molecule has 12 N–H and O–H groups in total. The van der Waals surface area contributed by atoms with Crippen LogP contribution in [-0.4, -0.2) is 139 Å². The van der Waals surface area contributed by atoms with E-state index in [0.717, 1.165) is 57.3 Å². The Hall–Kier alpha value is -9.58. The van der Waals surface area contributed by atoms with Crippen LogP contribution in [0.1, 0.15) is 88.8 Å². The third-order valence-corrected chi connectivity index (χ3v) is 13.6. The molecule has 97 heavy (non-hydrogen) atoms. The van der Waals surface area contributed by atoms with Gasteiger partial charge in [-0.15, -0.1) is 0 Å². The first kappa shape index (κ1) is 79.9. The van der Waals surface area contributed by atoms with Crippen molar-refractivity contribution in [2.45, 2.75) is 91.5 Å². The molecule has 0 fully saturated rings. The number of hydrogen-bond acceptors (Lipinski definition) is 23. The number of carbonyl (C=O) groups excluding carboxylic acids is 2. The Bertz CT molecular complexity index is 3830. The molecule has 0 amide bonds. The maximum atomic E-state index is 12.6. The first-order chi connectivity index (χ1) is 46.2. The molecule has 9 aromatic rings. The van der Waals surface area contributed by atoms with Gasteiger partial charge in [-0.2, -0.15) is 10.2 Å². The zero-order valence-electron chi connectivity index (χ0n) is 55.1. The molecule has 7 aromatic heterocycles. The summed E-state index contributed by atoms with van der Waals surface area (Å²) < 4.78 is 3.76. The van der Waals surface area contributed by atoms with Gasteiger partial charge in [0.1, 0.15) is 52.4 Å². The van der Waals surface area contributed by atoms with Crippen molar-refractivity contribution in [3.05, 3.63) is 222 Å². The van der Waals surface area contributed by atoms with Gasteiger partial charge in [0.15, 0.2) is 0 Å². The molecule has 0 unspecified atom stereocenters. The second-order valence-corrected chi connectivity index (χ2v) is 24.3. The summed E-state index contributed by atoms with van der Waals surface area (Å²) in [4.78, 5) is 62.3. The number of Topliss-reactive ketones (excluding diaryl/α,β-unsaturated/α-hetero) is 2. The number of aromatic nitrogens is 9. The fraction of sp³-hybridized carbons (Fsp3) is 0.328. The predicted molar refractivity (Wildman–Crippen MR) is 380 cm³/mol. The first-order valence-corrected chi connectivity index (χ1v) is 31.6. The number of aliphatic hydroxyl groups is 4. The summed E-state index contributed by atoms with van der Waals surface area (Å²) in [6.07, 6.45) is 8.99. The highest BCUT2D eigenvalue weighted by molar-refractivity contribution is 6.31. The number of pyridine rings is 5. The van der Waals surface area contributed by atoms with E-state index in [1.807, 2.05) is 76.1 Å². The van der Waals surface area contributed by atoms with Crippen molar-refractivity contribution in [1.29, 1.82) is 0 Å². The molecular formula is C67H84Cl3N17O10. The molecular weight excluding hydrogens is 1310 g/mol. The van der Waals surface area contributed by atoms with E-state index in [9.17, 15) is 29.8 Å². The van der Waals surface area contributed by atoms with E-state index in [4.69, 9.17) is 71.8 Å². The third-order valence-electron chi connectivity index (χ3n) is 12.9. The van der Waals surface area contributed by atoms with Crippen LogP contribution in [0.15, 0.2) is 152 Å². The van der Waals surface area contributed by atoms with Gasteiger partial charge in [-0.05, 0) is 109 Å². The molecule has 9 rings (SSSR count). The summed E-state index contributed by atoms with van der Waals surface area (Å²) in [6.45, 7) is 16.8. The third kappa shape index (κ3) is 29.9. The predicted octanol–water partition coefficient (Wildman–Crippen LogP) is 10.4. The SMILES string of the molecule is CC(=O)Cc1ccc(NCCO)nc1.CC(C)(C)c1cc(CCC(=O)Cc2ccc(NCCO)nc2)n(-c2cccc(Cl)c2)n1.CC(C)(C)c1cc(CN)n(-c2cccc(Cl)c2)n1.Nc1ccc(NCCO)nc1.O=[N+]([O-])c1ccc(Cl)nc1.O=[N+]([O-])c1ccc(NCCO)nc1. The van der Waals surface area contributed by atoms with Crippen LogP contribution in [0.5, 0.6) is 0 Å². The van der Waals surface area contributed by atoms with Crippen molar-refractivity contribution in [2.24, 2.45) is 5.73 Å². The zero-order valence-corrected chi connectivity index (χ0v) is 57.3. The van der Waals surface area contributed by atoms with E-state index in [-0.39, 0.29) is 65.4 Å². The van der Waals surface area contributed by atoms with Crippen molar-refractivity contribution < 1.29 is 39.9 Å². The van der Waals surface area contributed by atoms with Crippen LogP contribution in [-0.2, 0) is 46.2 Å². The number of nitrogens with one attached hydrogen (secondary N) is 4. The maximum absolute atomic E-state index is 12.6. The lowest BCUT2D eigenvalue weighted by Gasteiger charge is -2.14. The Balaban J connectivity index is 0.000000261. The van der Waals surface area contributed by atoms with Crippen LogP contribution in [0.4, 0.5) is 40.3 Å². The smallest absolute Gasteiger partial charge is 0.287 e. The van der Waals surface area contributed by atoms with Gasteiger partial charge in [-0.25, -0.2) is 34.3 Å².